The Hall–Kier alpha value is -1.60. The maximum absolute atomic E-state index is 6.61. The van der Waals surface area contributed by atoms with Crippen LogP contribution in [0.1, 0.15) is 67.1 Å². The third-order valence-electron chi connectivity index (χ3n) is 4.50. The fraction of sp³-hybridized carbons (Fsp3) is 0.429. The summed E-state index contributed by atoms with van der Waals surface area (Å²) in [5, 5.41) is 0. The number of hydrogen-bond donors (Lipinski definition) is 1. The average molecular weight is 295 g/mol. The van der Waals surface area contributed by atoms with E-state index in [1.807, 2.05) is 0 Å². The minimum atomic E-state index is -0.0337. The predicted octanol–water partition coefficient (Wildman–Crippen LogP) is 4.98. The summed E-state index contributed by atoms with van der Waals surface area (Å²) < 4.78 is 0. The molecule has 0 radical (unpaired) electrons. The van der Waals surface area contributed by atoms with Crippen molar-refractivity contribution in [2.75, 3.05) is 0 Å². The van der Waals surface area contributed by atoms with Gasteiger partial charge >= 0.3 is 0 Å². The first-order valence-electron chi connectivity index (χ1n) is 8.62. The Balaban J connectivity index is 2.44. The van der Waals surface area contributed by atoms with Crippen LogP contribution in [0.15, 0.2) is 36.4 Å². The molecule has 0 saturated carbocycles. The zero-order chi connectivity index (χ0) is 16.1. The van der Waals surface area contributed by atoms with Crippen molar-refractivity contribution in [1.29, 1.82) is 0 Å². The van der Waals surface area contributed by atoms with Gasteiger partial charge in [0.2, 0.25) is 0 Å². The number of hydrogen-bond acceptors (Lipinski definition) is 1. The molecule has 2 aromatic rings. The zero-order valence-electron chi connectivity index (χ0n) is 14.4. The van der Waals surface area contributed by atoms with E-state index in [0.717, 1.165) is 25.7 Å². The van der Waals surface area contributed by atoms with Crippen molar-refractivity contribution >= 4 is 0 Å². The summed E-state index contributed by atoms with van der Waals surface area (Å²) in [5.74, 6) is 0. The van der Waals surface area contributed by atoms with Gasteiger partial charge in [-0.2, -0.15) is 0 Å². The zero-order valence-corrected chi connectivity index (χ0v) is 14.4. The molecule has 2 N–H and O–H groups in total. The third-order valence-corrected chi connectivity index (χ3v) is 4.50. The molecule has 1 heteroatoms. The molecule has 0 aliphatic carbocycles. The predicted molar refractivity (Wildman–Crippen MR) is 96.4 cm³/mol. The number of nitrogens with two attached hydrogens (primary N) is 1. The van der Waals surface area contributed by atoms with Gasteiger partial charge in [-0.15, -0.1) is 0 Å². The quantitative estimate of drug-likeness (QED) is 0.798. The van der Waals surface area contributed by atoms with E-state index in [1.54, 1.807) is 0 Å². The molecule has 0 saturated heterocycles. The minimum absolute atomic E-state index is 0.0337. The van der Waals surface area contributed by atoms with Crippen molar-refractivity contribution in [2.24, 2.45) is 5.73 Å². The summed E-state index contributed by atoms with van der Waals surface area (Å²) in [4.78, 5) is 0. The first kappa shape index (κ1) is 16.8. The van der Waals surface area contributed by atoms with Crippen molar-refractivity contribution in [3.8, 4) is 0 Å². The molecule has 0 amide bonds. The molecule has 0 aliphatic rings. The fourth-order valence-corrected chi connectivity index (χ4v) is 2.95. The Labute approximate surface area is 135 Å². The number of rotatable bonds is 6. The van der Waals surface area contributed by atoms with Crippen LogP contribution in [0.5, 0.6) is 0 Å². The summed E-state index contributed by atoms with van der Waals surface area (Å²) in [6, 6.07) is 13.7. The van der Waals surface area contributed by atoms with E-state index in [9.17, 15) is 0 Å². The summed E-state index contributed by atoms with van der Waals surface area (Å²) in [7, 11) is 0. The first-order valence-corrected chi connectivity index (χ1v) is 8.62. The maximum Gasteiger partial charge on any atom is 0.0552 e. The van der Waals surface area contributed by atoms with Crippen LogP contribution in [0.3, 0.4) is 0 Å². The van der Waals surface area contributed by atoms with Gasteiger partial charge in [-0.05, 0) is 59.1 Å². The van der Waals surface area contributed by atoms with Crippen LogP contribution in [0.2, 0.25) is 0 Å². The molecule has 2 aromatic carbocycles. The normalized spacial score (nSPS) is 11.2. The van der Waals surface area contributed by atoms with Crippen LogP contribution in [0.4, 0.5) is 0 Å². The number of benzene rings is 2. The lowest BCUT2D eigenvalue weighted by Gasteiger charge is -2.17. The molecule has 0 bridgehead atoms. The first-order chi connectivity index (χ1) is 10.6. The highest BCUT2D eigenvalue weighted by Gasteiger charge is 2.12. The maximum atomic E-state index is 6.61. The SMILES string of the molecule is CCc1cc(CC)cc(C(N)c2cc(CC)cc(CC)c2)c1. The van der Waals surface area contributed by atoms with Gasteiger partial charge in [-0.3, -0.25) is 0 Å². The van der Waals surface area contributed by atoms with E-state index >= 15 is 0 Å². The fourth-order valence-electron chi connectivity index (χ4n) is 2.95. The van der Waals surface area contributed by atoms with Gasteiger partial charge in [0, 0.05) is 0 Å². The van der Waals surface area contributed by atoms with E-state index in [4.69, 9.17) is 5.73 Å². The lowest BCUT2D eigenvalue weighted by molar-refractivity contribution is 0.854. The topological polar surface area (TPSA) is 26.0 Å². The third kappa shape index (κ3) is 3.78. The summed E-state index contributed by atoms with van der Waals surface area (Å²) in [6.45, 7) is 8.82. The molecule has 0 spiro atoms. The van der Waals surface area contributed by atoms with Crippen LogP contribution in [0, 0.1) is 0 Å². The summed E-state index contributed by atoms with van der Waals surface area (Å²) >= 11 is 0. The molecule has 0 aromatic heterocycles. The highest BCUT2D eigenvalue weighted by molar-refractivity contribution is 5.40. The van der Waals surface area contributed by atoms with Crippen molar-refractivity contribution < 1.29 is 0 Å². The molecule has 0 heterocycles. The van der Waals surface area contributed by atoms with Gasteiger partial charge in [-0.25, -0.2) is 0 Å². The smallest absolute Gasteiger partial charge is 0.0552 e. The minimum Gasteiger partial charge on any atom is -0.320 e. The summed E-state index contributed by atoms with van der Waals surface area (Å²) in [6.07, 6.45) is 4.23. The molecule has 0 aliphatic heterocycles. The van der Waals surface area contributed by atoms with E-state index in [0.29, 0.717) is 0 Å². The second-order valence-corrected chi connectivity index (χ2v) is 6.06. The molecule has 1 nitrogen and oxygen atoms in total. The molecule has 0 unspecified atom stereocenters. The number of aryl methyl sites for hydroxylation is 4. The van der Waals surface area contributed by atoms with E-state index in [2.05, 4.69) is 64.1 Å². The molecule has 2 rings (SSSR count). The van der Waals surface area contributed by atoms with Crippen molar-refractivity contribution in [3.05, 3.63) is 69.8 Å². The van der Waals surface area contributed by atoms with Gasteiger partial charge < -0.3 is 5.73 Å². The summed E-state index contributed by atoms with van der Waals surface area (Å²) in [5.41, 5.74) is 14.6. The Morgan fingerprint density at radius 2 is 0.864 bits per heavy atom. The van der Waals surface area contributed by atoms with Crippen molar-refractivity contribution in [2.45, 2.75) is 59.4 Å². The van der Waals surface area contributed by atoms with Crippen LogP contribution in [-0.2, 0) is 25.7 Å². The van der Waals surface area contributed by atoms with Gasteiger partial charge in [0.15, 0.2) is 0 Å². The molecule has 22 heavy (non-hydrogen) atoms. The Bertz CT molecular complexity index is 528. The highest BCUT2D eigenvalue weighted by atomic mass is 14.6. The molecular formula is C21H29N. The van der Waals surface area contributed by atoms with E-state index < -0.39 is 0 Å². The van der Waals surface area contributed by atoms with Gasteiger partial charge in [0.25, 0.3) is 0 Å². The van der Waals surface area contributed by atoms with Gasteiger partial charge in [-0.1, -0.05) is 64.1 Å². The largest absolute Gasteiger partial charge is 0.320 e. The Morgan fingerprint density at radius 3 is 1.09 bits per heavy atom. The van der Waals surface area contributed by atoms with Crippen molar-refractivity contribution in [1.82, 2.24) is 0 Å². The molecular weight excluding hydrogens is 266 g/mol. The van der Waals surface area contributed by atoms with Crippen LogP contribution >= 0.6 is 0 Å². The van der Waals surface area contributed by atoms with Crippen LogP contribution in [0.25, 0.3) is 0 Å². The monoisotopic (exact) mass is 295 g/mol. The van der Waals surface area contributed by atoms with Crippen LogP contribution < -0.4 is 5.73 Å². The lowest BCUT2D eigenvalue weighted by Crippen LogP contribution is -2.13. The molecule has 0 atom stereocenters. The Morgan fingerprint density at radius 1 is 0.591 bits per heavy atom. The van der Waals surface area contributed by atoms with Gasteiger partial charge in [0.05, 0.1) is 6.04 Å². The van der Waals surface area contributed by atoms with Crippen molar-refractivity contribution in [3.63, 3.8) is 0 Å². The second-order valence-electron chi connectivity index (χ2n) is 6.06. The van der Waals surface area contributed by atoms with E-state index in [1.165, 1.54) is 33.4 Å². The van der Waals surface area contributed by atoms with E-state index in [-0.39, 0.29) is 6.04 Å². The van der Waals surface area contributed by atoms with Gasteiger partial charge in [0.1, 0.15) is 0 Å². The highest BCUT2D eigenvalue weighted by Crippen LogP contribution is 2.25. The molecule has 0 fully saturated rings. The Kier molecular flexibility index (Phi) is 5.79. The lowest BCUT2D eigenvalue weighted by atomic mass is 9.91. The van der Waals surface area contributed by atoms with Crippen LogP contribution in [-0.4, -0.2) is 0 Å². The average Bonchev–Trinajstić information content (AvgIpc) is 2.59. The second kappa shape index (κ2) is 7.60. The molecule has 118 valence electrons. The standard InChI is InChI=1S/C21H29N/c1-5-15-9-16(6-2)12-19(11-15)21(22)20-13-17(7-3)10-18(8-4)14-20/h9-14,21H,5-8,22H2,1-4H3.